The first kappa shape index (κ1) is 20.9. The molecule has 150 valence electrons. The molecule has 2 heterocycles. The lowest BCUT2D eigenvalue weighted by Gasteiger charge is -2.47. The summed E-state index contributed by atoms with van der Waals surface area (Å²) in [6.45, 7) is 12.3. The van der Waals surface area contributed by atoms with Crippen molar-refractivity contribution in [2.45, 2.75) is 57.5 Å². The summed E-state index contributed by atoms with van der Waals surface area (Å²) in [5, 5.41) is 0. The maximum atomic E-state index is 7.40. The lowest BCUT2D eigenvalue weighted by atomic mass is 9.85. The average molecular weight is 391 g/mol. The van der Waals surface area contributed by atoms with Crippen LogP contribution in [0, 0.1) is 0 Å². The molecule has 2 unspecified atom stereocenters. The largest absolute Gasteiger partial charge is 0.379 e. The van der Waals surface area contributed by atoms with E-state index in [0.717, 1.165) is 45.8 Å². The number of rotatable bonds is 6. The van der Waals surface area contributed by atoms with Crippen molar-refractivity contribution in [1.29, 1.82) is 0 Å². The Morgan fingerprint density at radius 1 is 1.07 bits per heavy atom. The van der Waals surface area contributed by atoms with Crippen LogP contribution in [-0.4, -0.2) is 54.2 Å². The summed E-state index contributed by atoms with van der Waals surface area (Å²) in [6.07, 6.45) is 4.92. The Morgan fingerprint density at radius 2 is 1.70 bits per heavy atom. The van der Waals surface area contributed by atoms with Crippen LogP contribution < -0.4 is 0 Å². The Labute approximate surface area is 170 Å². The Bertz CT molecular complexity index is 617. The fourth-order valence-electron chi connectivity index (χ4n) is 4.59. The molecule has 1 aromatic carbocycles. The minimum atomic E-state index is -0.498. The summed E-state index contributed by atoms with van der Waals surface area (Å²) in [5.41, 5.74) is 4.16. The van der Waals surface area contributed by atoms with Crippen LogP contribution in [-0.2, 0) is 4.74 Å². The van der Waals surface area contributed by atoms with E-state index < -0.39 is 5.00 Å². The van der Waals surface area contributed by atoms with Crippen LogP contribution >= 0.6 is 11.6 Å². The van der Waals surface area contributed by atoms with Crippen molar-refractivity contribution in [3.05, 3.63) is 47.0 Å². The van der Waals surface area contributed by atoms with Crippen molar-refractivity contribution in [3.8, 4) is 0 Å². The maximum Gasteiger partial charge on any atom is 0.117 e. The van der Waals surface area contributed by atoms with Gasteiger partial charge in [0, 0.05) is 13.1 Å². The van der Waals surface area contributed by atoms with Gasteiger partial charge in [-0.15, -0.1) is 0 Å². The van der Waals surface area contributed by atoms with Gasteiger partial charge < -0.3 is 4.74 Å². The van der Waals surface area contributed by atoms with Crippen molar-refractivity contribution >= 4 is 11.6 Å². The van der Waals surface area contributed by atoms with E-state index in [1.54, 1.807) is 0 Å². The van der Waals surface area contributed by atoms with Crippen LogP contribution in [0.2, 0.25) is 0 Å². The Morgan fingerprint density at radius 3 is 2.30 bits per heavy atom. The normalized spacial score (nSPS) is 24.1. The molecule has 27 heavy (non-hydrogen) atoms. The van der Waals surface area contributed by atoms with Gasteiger partial charge in [-0.2, -0.15) is 0 Å². The van der Waals surface area contributed by atoms with E-state index in [0.29, 0.717) is 0 Å². The van der Waals surface area contributed by atoms with Crippen molar-refractivity contribution in [2.75, 3.05) is 39.4 Å². The lowest BCUT2D eigenvalue weighted by Crippen LogP contribution is -2.52. The zero-order valence-corrected chi connectivity index (χ0v) is 18.0. The number of allylic oxidation sites excluding steroid dienone is 1. The SMILES string of the molecule is CC/C(C)=C(/C(c1ccccc1)N1CCCCC1)C(C)(Cl)N1CCOCC1. The summed E-state index contributed by atoms with van der Waals surface area (Å²) >= 11 is 7.40. The molecule has 2 aliphatic rings. The number of likely N-dealkylation sites (tertiary alicyclic amines) is 1. The second-order valence-corrected chi connectivity index (χ2v) is 8.75. The quantitative estimate of drug-likeness (QED) is 0.376. The minimum absolute atomic E-state index is 0.247. The Balaban J connectivity index is 2.05. The van der Waals surface area contributed by atoms with Crippen LogP contribution in [0.1, 0.15) is 58.1 Å². The highest BCUT2D eigenvalue weighted by Gasteiger charge is 2.41. The van der Waals surface area contributed by atoms with Gasteiger partial charge in [-0.25, -0.2) is 0 Å². The summed E-state index contributed by atoms with van der Waals surface area (Å²) in [4.78, 5) is 4.57. The van der Waals surface area contributed by atoms with Crippen LogP contribution in [0.5, 0.6) is 0 Å². The number of hydrogen-bond acceptors (Lipinski definition) is 3. The molecule has 3 rings (SSSR count). The summed E-state index contributed by atoms with van der Waals surface area (Å²) in [6, 6.07) is 11.2. The predicted octanol–water partition coefficient (Wildman–Crippen LogP) is 5.23. The van der Waals surface area contributed by atoms with E-state index >= 15 is 0 Å². The molecule has 3 nitrogen and oxygen atoms in total. The minimum Gasteiger partial charge on any atom is -0.379 e. The third-order valence-electron chi connectivity index (χ3n) is 6.23. The van der Waals surface area contributed by atoms with Gasteiger partial charge in [0.1, 0.15) is 5.00 Å². The molecule has 2 atom stereocenters. The van der Waals surface area contributed by atoms with Gasteiger partial charge in [0.2, 0.25) is 0 Å². The summed E-state index contributed by atoms with van der Waals surface area (Å²) in [5.74, 6) is 0. The number of nitrogens with zero attached hydrogens (tertiary/aromatic N) is 2. The molecule has 2 saturated heterocycles. The number of piperidine rings is 1. The molecule has 0 amide bonds. The molecule has 0 aliphatic carbocycles. The van der Waals surface area contributed by atoms with Gasteiger partial charge >= 0.3 is 0 Å². The number of alkyl halides is 1. The first-order valence-corrected chi connectivity index (χ1v) is 10.9. The van der Waals surface area contributed by atoms with E-state index in [1.807, 2.05) is 0 Å². The molecule has 0 bridgehead atoms. The number of ether oxygens (including phenoxy) is 1. The van der Waals surface area contributed by atoms with Gasteiger partial charge in [0.05, 0.1) is 19.3 Å². The zero-order valence-electron chi connectivity index (χ0n) is 17.2. The van der Waals surface area contributed by atoms with Gasteiger partial charge in [0.25, 0.3) is 0 Å². The van der Waals surface area contributed by atoms with Gasteiger partial charge in [-0.05, 0) is 57.3 Å². The topological polar surface area (TPSA) is 15.7 Å². The Hall–Kier alpha value is -0.870. The fraction of sp³-hybridized carbons (Fsp3) is 0.652. The highest BCUT2D eigenvalue weighted by molar-refractivity contribution is 6.25. The molecule has 1 aromatic rings. The number of hydrogen-bond donors (Lipinski definition) is 0. The summed E-state index contributed by atoms with van der Waals surface area (Å²) < 4.78 is 5.60. The van der Waals surface area contributed by atoms with E-state index in [4.69, 9.17) is 16.3 Å². The van der Waals surface area contributed by atoms with Crippen molar-refractivity contribution < 1.29 is 4.74 Å². The molecule has 0 saturated carbocycles. The van der Waals surface area contributed by atoms with Crippen LogP contribution in [0.3, 0.4) is 0 Å². The highest BCUT2D eigenvalue weighted by Crippen LogP contribution is 2.44. The highest BCUT2D eigenvalue weighted by atomic mass is 35.5. The Kier molecular flexibility index (Phi) is 7.38. The predicted molar refractivity (Wildman–Crippen MR) is 114 cm³/mol. The van der Waals surface area contributed by atoms with E-state index in [-0.39, 0.29) is 6.04 Å². The zero-order chi connectivity index (χ0) is 19.3. The van der Waals surface area contributed by atoms with Gasteiger partial charge in [-0.3, -0.25) is 9.80 Å². The molecule has 0 N–H and O–H groups in total. The molecule has 4 heteroatoms. The van der Waals surface area contributed by atoms with Gasteiger partial charge in [-0.1, -0.05) is 60.9 Å². The van der Waals surface area contributed by atoms with Crippen LogP contribution in [0.4, 0.5) is 0 Å². The third-order valence-corrected chi connectivity index (χ3v) is 6.67. The third kappa shape index (κ3) is 4.76. The average Bonchev–Trinajstić information content (AvgIpc) is 2.73. The standard InChI is InChI=1S/C23H35ClN2O/c1-4-19(2)21(23(3,24)26-15-17-27-18-16-26)22(20-11-7-5-8-12-20)25-13-9-6-10-14-25/h5,7-8,11-12,22H,4,6,9-10,13-18H2,1-3H3/b21-19-. The second-order valence-electron chi connectivity index (χ2n) is 8.01. The van der Waals surface area contributed by atoms with E-state index in [1.165, 1.54) is 36.0 Å². The van der Waals surface area contributed by atoms with Crippen molar-refractivity contribution in [3.63, 3.8) is 0 Å². The van der Waals surface area contributed by atoms with Crippen LogP contribution in [0.15, 0.2) is 41.5 Å². The first-order chi connectivity index (χ1) is 13.1. The monoisotopic (exact) mass is 390 g/mol. The molecule has 0 spiro atoms. The van der Waals surface area contributed by atoms with Crippen molar-refractivity contribution in [2.24, 2.45) is 0 Å². The molecule has 2 aliphatic heterocycles. The lowest BCUT2D eigenvalue weighted by molar-refractivity contribution is 0.0132. The van der Waals surface area contributed by atoms with E-state index in [2.05, 4.69) is 60.9 Å². The molecule has 0 radical (unpaired) electrons. The van der Waals surface area contributed by atoms with Gasteiger partial charge in [0.15, 0.2) is 0 Å². The van der Waals surface area contributed by atoms with E-state index in [9.17, 15) is 0 Å². The second kappa shape index (κ2) is 9.56. The molecule has 2 fully saturated rings. The number of benzene rings is 1. The first-order valence-electron chi connectivity index (χ1n) is 10.6. The summed E-state index contributed by atoms with van der Waals surface area (Å²) in [7, 11) is 0. The smallest absolute Gasteiger partial charge is 0.117 e. The molecular weight excluding hydrogens is 356 g/mol. The maximum absolute atomic E-state index is 7.40. The number of morpholine rings is 1. The number of halogens is 1. The van der Waals surface area contributed by atoms with Crippen LogP contribution in [0.25, 0.3) is 0 Å². The van der Waals surface area contributed by atoms with Crippen molar-refractivity contribution in [1.82, 2.24) is 9.80 Å². The molecule has 0 aromatic heterocycles. The molecular formula is C23H35ClN2O. The fourth-order valence-corrected chi connectivity index (χ4v) is 5.02.